The van der Waals surface area contributed by atoms with E-state index >= 15 is 0 Å². The first-order valence-electron chi connectivity index (χ1n) is 5.85. The van der Waals surface area contributed by atoms with Gasteiger partial charge in [0.15, 0.2) is 0 Å². The van der Waals surface area contributed by atoms with Crippen molar-refractivity contribution in [2.45, 2.75) is 35.1 Å². The molecule has 0 atom stereocenters. The van der Waals surface area contributed by atoms with Gasteiger partial charge in [-0.2, -0.15) is 51.6 Å². The van der Waals surface area contributed by atoms with Crippen LogP contribution in [0.3, 0.4) is 0 Å². The summed E-state index contributed by atoms with van der Waals surface area (Å²) < 4.78 is 140. The molecule has 144 valence electrons. The van der Waals surface area contributed by atoms with Crippen LogP contribution in [0, 0.1) is 6.92 Å². The van der Waals surface area contributed by atoms with E-state index in [0.717, 1.165) is 12.1 Å². The molecule has 0 unspecified atom stereocenters. The Morgan fingerprint density at radius 1 is 0.840 bits per heavy atom. The molecule has 0 aliphatic rings. The predicted molar refractivity (Wildman–Crippen MR) is 67.9 cm³/mol. The minimum atomic E-state index is -7.32. The van der Waals surface area contributed by atoms with Crippen LogP contribution >= 0.6 is 12.0 Å². The summed E-state index contributed by atoms with van der Waals surface area (Å²) >= 11 is -0.430. The Morgan fingerprint density at radius 3 is 1.68 bits per heavy atom. The van der Waals surface area contributed by atoms with Gasteiger partial charge >= 0.3 is 33.4 Å². The lowest BCUT2D eigenvalue weighted by Gasteiger charge is -2.32. The number of benzene rings is 1. The lowest BCUT2D eigenvalue weighted by Crippen LogP contribution is -2.63. The molecule has 0 saturated heterocycles. The molecule has 0 aromatic heterocycles. The van der Waals surface area contributed by atoms with Crippen LogP contribution in [0.4, 0.5) is 39.5 Å². The van der Waals surface area contributed by atoms with E-state index < -0.39 is 45.4 Å². The van der Waals surface area contributed by atoms with E-state index in [-0.39, 0.29) is 4.90 Å². The molecule has 0 radical (unpaired) electrons. The second-order valence-electron chi connectivity index (χ2n) is 4.58. The fourth-order valence-corrected chi connectivity index (χ4v) is 2.94. The van der Waals surface area contributed by atoms with E-state index in [2.05, 4.69) is 3.63 Å². The monoisotopic (exact) mass is 422 g/mol. The van der Waals surface area contributed by atoms with Crippen molar-refractivity contribution in [3.05, 3.63) is 29.8 Å². The summed E-state index contributed by atoms with van der Waals surface area (Å²) in [6, 6.07) is 4.89. The molecule has 1 rings (SSSR count). The van der Waals surface area contributed by atoms with Gasteiger partial charge in [0.2, 0.25) is 0 Å². The molecule has 0 fully saturated rings. The van der Waals surface area contributed by atoms with Crippen molar-refractivity contribution in [3.8, 4) is 0 Å². The summed E-state index contributed by atoms with van der Waals surface area (Å²) in [5.41, 5.74) is 0.633. The first-order valence-corrected chi connectivity index (χ1v) is 8.00. The maximum Gasteiger partial charge on any atom is 0.460 e. The van der Waals surface area contributed by atoms with Crippen LogP contribution in [0.1, 0.15) is 5.56 Å². The van der Waals surface area contributed by atoms with Gasteiger partial charge in [-0.05, 0) is 19.1 Å². The largest absolute Gasteiger partial charge is 0.460 e. The minimum Gasteiger partial charge on any atom is -0.192 e. The number of rotatable bonds is 6. The Hall–Kier alpha value is -1.15. The Morgan fingerprint density at radius 2 is 1.28 bits per heavy atom. The number of hydrogen-bond donors (Lipinski definition) is 0. The molecule has 0 N–H and O–H groups in total. The number of aryl methyl sites for hydroxylation is 1. The average Bonchev–Trinajstić information content (AvgIpc) is 2.45. The molecule has 0 aliphatic heterocycles. The van der Waals surface area contributed by atoms with Gasteiger partial charge in [-0.25, -0.2) is 0 Å². The third-order valence-corrected chi connectivity index (χ3v) is 5.01. The van der Waals surface area contributed by atoms with E-state index in [1.54, 1.807) is 6.92 Å². The zero-order valence-corrected chi connectivity index (χ0v) is 13.4. The Kier molecular flexibility index (Phi) is 5.72. The molecule has 0 bridgehead atoms. The van der Waals surface area contributed by atoms with Gasteiger partial charge in [0.25, 0.3) is 0 Å². The third-order valence-electron chi connectivity index (χ3n) is 2.67. The summed E-state index contributed by atoms with van der Waals surface area (Å²) in [7, 11) is -6.87. The molecule has 0 aliphatic carbocycles. The van der Waals surface area contributed by atoms with E-state index in [9.17, 15) is 47.9 Å². The molecule has 0 amide bonds. The second-order valence-corrected chi connectivity index (χ2v) is 7.19. The van der Waals surface area contributed by atoms with E-state index in [0.29, 0.717) is 5.56 Å². The van der Waals surface area contributed by atoms with Crippen LogP contribution in [0.15, 0.2) is 29.2 Å². The fourth-order valence-electron chi connectivity index (χ4n) is 1.24. The van der Waals surface area contributed by atoms with Crippen LogP contribution in [-0.4, -0.2) is 31.7 Å². The molecule has 14 heteroatoms. The van der Waals surface area contributed by atoms with Gasteiger partial charge in [-0.15, -0.1) is 0 Å². The maximum absolute atomic E-state index is 13.3. The SMILES string of the molecule is Cc1ccc(SOS(=O)(=O)C(F)(F)C(F)(F)C(F)(F)C(F)(F)F)cc1. The Balaban J connectivity index is 3.14. The average molecular weight is 422 g/mol. The first-order chi connectivity index (χ1) is 11.0. The number of halogens is 9. The molecular formula is C11H7F9O3S2. The minimum absolute atomic E-state index is 0.212. The topological polar surface area (TPSA) is 43.4 Å². The molecule has 3 nitrogen and oxygen atoms in total. The highest BCUT2D eigenvalue weighted by Crippen LogP contribution is 2.55. The predicted octanol–water partition coefficient (Wildman–Crippen LogP) is 4.77. The van der Waals surface area contributed by atoms with Crippen LogP contribution in [0.5, 0.6) is 0 Å². The van der Waals surface area contributed by atoms with Crippen molar-refractivity contribution in [2.75, 3.05) is 0 Å². The van der Waals surface area contributed by atoms with Crippen molar-refractivity contribution < 1.29 is 51.6 Å². The summed E-state index contributed by atoms with van der Waals surface area (Å²) in [6.45, 7) is 1.58. The molecule has 1 aromatic carbocycles. The van der Waals surface area contributed by atoms with Gasteiger partial charge < -0.3 is 0 Å². The number of hydrogen-bond acceptors (Lipinski definition) is 4. The summed E-state index contributed by atoms with van der Waals surface area (Å²) in [6.07, 6.45) is -7.13. The molecular weight excluding hydrogens is 415 g/mol. The quantitative estimate of drug-likeness (QED) is 0.489. The smallest absolute Gasteiger partial charge is 0.192 e. The molecule has 0 saturated carbocycles. The zero-order valence-electron chi connectivity index (χ0n) is 11.8. The van der Waals surface area contributed by atoms with Crippen molar-refractivity contribution in [1.82, 2.24) is 0 Å². The lowest BCUT2D eigenvalue weighted by atomic mass is 10.1. The molecule has 0 heterocycles. The molecule has 1 aromatic rings. The van der Waals surface area contributed by atoms with Crippen LogP contribution < -0.4 is 0 Å². The number of alkyl halides is 9. The standard InChI is InChI=1S/C11H7F9O3S2/c1-6-2-4-7(5-3-6)24-23-25(21,22)11(19,20)9(14,15)8(12,13)10(16,17)18/h2-5H,1H3. The van der Waals surface area contributed by atoms with Gasteiger partial charge in [0.1, 0.15) is 0 Å². The highest BCUT2D eigenvalue weighted by molar-refractivity contribution is 8.04. The fraction of sp³-hybridized carbons (Fsp3) is 0.455. The van der Waals surface area contributed by atoms with Gasteiger partial charge in [-0.3, -0.25) is 0 Å². The van der Waals surface area contributed by atoms with Crippen LogP contribution in [0.25, 0.3) is 0 Å². The third kappa shape index (κ3) is 3.84. The normalized spacial score (nSPS) is 14.6. The molecule has 0 spiro atoms. The van der Waals surface area contributed by atoms with Gasteiger partial charge in [0.05, 0.1) is 0 Å². The summed E-state index contributed by atoms with van der Waals surface area (Å²) in [5, 5.41) is -6.86. The van der Waals surface area contributed by atoms with E-state index in [1.807, 2.05) is 0 Å². The van der Waals surface area contributed by atoms with Gasteiger partial charge in [0, 0.05) is 16.9 Å². The first kappa shape index (κ1) is 21.9. The van der Waals surface area contributed by atoms with Crippen LogP contribution in [-0.2, 0) is 13.7 Å². The Labute approximate surface area is 139 Å². The summed E-state index contributed by atoms with van der Waals surface area (Å²) in [5.74, 6) is -14.6. The van der Waals surface area contributed by atoms with E-state index in [1.165, 1.54) is 12.1 Å². The van der Waals surface area contributed by atoms with E-state index in [4.69, 9.17) is 0 Å². The maximum atomic E-state index is 13.3. The highest BCUT2D eigenvalue weighted by Gasteiger charge is 2.85. The lowest BCUT2D eigenvalue weighted by molar-refractivity contribution is -0.382. The van der Waals surface area contributed by atoms with Crippen molar-refractivity contribution >= 4 is 22.2 Å². The van der Waals surface area contributed by atoms with Crippen molar-refractivity contribution in [1.29, 1.82) is 0 Å². The summed E-state index contributed by atoms with van der Waals surface area (Å²) in [4.78, 5) is -0.212. The van der Waals surface area contributed by atoms with Crippen molar-refractivity contribution in [3.63, 3.8) is 0 Å². The van der Waals surface area contributed by atoms with Crippen LogP contribution in [0.2, 0.25) is 0 Å². The zero-order chi connectivity index (χ0) is 19.9. The molecule has 25 heavy (non-hydrogen) atoms. The van der Waals surface area contributed by atoms with Crippen molar-refractivity contribution in [2.24, 2.45) is 0 Å². The second kappa shape index (κ2) is 6.54. The van der Waals surface area contributed by atoms with Gasteiger partial charge in [-0.1, -0.05) is 17.7 Å². The highest BCUT2D eigenvalue weighted by atomic mass is 32.3. The Bertz CT molecular complexity index is 711.